The van der Waals surface area contributed by atoms with Crippen molar-refractivity contribution in [3.63, 3.8) is 0 Å². The van der Waals surface area contributed by atoms with Gasteiger partial charge in [0, 0.05) is 51.4 Å². The minimum atomic E-state index is 0.140. The molecule has 26 heavy (non-hydrogen) atoms. The molecule has 3 aliphatic heterocycles. The summed E-state index contributed by atoms with van der Waals surface area (Å²) in [5, 5.41) is 3.41. The minimum Gasteiger partial charge on any atom is -0.378 e. The zero-order chi connectivity index (χ0) is 17.7. The maximum absolute atomic E-state index is 13.1. The van der Waals surface area contributed by atoms with Crippen LogP contribution in [0.25, 0.3) is 11.0 Å². The van der Waals surface area contributed by atoms with Crippen LogP contribution < -0.4 is 10.2 Å². The van der Waals surface area contributed by atoms with Crippen molar-refractivity contribution in [1.29, 1.82) is 0 Å². The lowest BCUT2D eigenvalue weighted by atomic mass is 10.0. The number of rotatable bonds is 2. The number of aryl methyl sites for hydroxylation is 1. The highest BCUT2D eigenvalue weighted by molar-refractivity contribution is 5.98. The smallest absolute Gasteiger partial charge is 0.254 e. The Labute approximate surface area is 152 Å². The molecule has 138 valence electrons. The summed E-state index contributed by atoms with van der Waals surface area (Å²) in [6, 6.07) is 6.29. The summed E-state index contributed by atoms with van der Waals surface area (Å²) >= 11 is 0. The van der Waals surface area contributed by atoms with Gasteiger partial charge in [-0.05, 0) is 30.5 Å². The topological polar surface area (TPSA) is 62.6 Å². The van der Waals surface area contributed by atoms with Crippen LogP contribution in [0, 0.1) is 5.92 Å². The Morgan fingerprint density at radius 1 is 1.23 bits per heavy atom. The number of anilines is 1. The van der Waals surface area contributed by atoms with Crippen molar-refractivity contribution in [3.8, 4) is 0 Å². The molecule has 0 bridgehead atoms. The van der Waals surface area contributed by atoms with E-state index in [1.54, 1.807) is 0 Å². The summed E-state index contributed by atoms with van der Waals surface area (Å²) in [5.74, 6) is 1.71. The highest BCUT2D eigenvalue weighted by atomic mass is 16.5. The minimum absolute atomic E-state index is 0.140. The van der Waals surface area contributed by atoms with Crippen molar-refractivity contribution in [3.05, 3.63) is 23.8 Å². The lowest BCUT2D eigenvalue weighted by Gasteiger charge is -2.27. The van der Waals surface area contributed by atoms with Crippen molar-refractivity contribution in [2.75, 3.05) is 50.8 Å². The summed E-state index contributed by atoms with van der Waals surface area (Å²) < 4.78 is 7.56. The quantitative estimate of drug-likeness (QED) is 0.865. The van der Waals surface area contributed by atoms with Gasteiger partial charge in [-0.25, -0.2) is 4.98 Å². The van der Waals surface area contributed by atoms with Crippen LogP contribution >= 0.6 is 0 Å². The number of carbonyl (C=O) groups excluding carboxylic acids is 1. The summed E-state index contributed by atoms with van der Waals surface area (Å²) in [6.07, 6.45) is 1.11. The zero-order valence-corrected chi connectivity index (χ0v) is 15.1. The van der Waals surface area contributed by atoms with E-state index in [2.05, 4.69) is 19.7 Å². The molecule has 4 heterocycles. The van der Waals surface area contributed by atoms with Gasteiger partial charge in [-0.15, -0.1) is 0 Å². The normalized spacial score (nSPS) is 25.9. The predicted molar refractivity (Wildman–Crippen MR) is 99.5 cm³/mol. The second-order valence-electron chi connectivity index (χ2n) is 7.55. The van der Waals surface area contributed by atoms with Crippen LogP contribution in [0.2, 0.25) is 0 Å². The van der Waals surface area contributed by atoms with Gasteiger partial charge in [0.25, 0.3) is 5.91 Å². The van der Waals surface area contributed by atoms with Crippen LogP contribution in [0.5, 0.6) is 0 Å². The van der Waals surface area contributed by atoms with Gasteiger partial charge in [0.05, 0.1) is 24.2 Å². The molecule has 3 saturated heterocycles. The van der Waals surface area contributed by atoms with Crippen molar-refractivity contribution in [2.24, 2.45) is 13.0 Å². The number of likely N-dealkylation sites (tertiary alicyclic amines) is 1. The highest BCUT2D eigenvalue weighted by Crippen LogP contribution is 2.29. The fourth-order valence-corrected chi connectivity index (χ4v) is 4.63. The van der Waals surface area contributed by atoms with E-state index < -0.39 is 0 Å². The van der Waals surface area contributed by atoms with E-state index in [1.807, 2.05) is 25.2 Å². The first-order valence-corrected chi connectivity index (χ1v) is 9.53. The molecule has 1 amide bonds. The van der Waals surface area contributed by atoms with Gasteiger partial charge < -0.3 is 24.4 Å². The number of ether oxygens (including phenoxy) is 1. The third kappa shape index (κ3) is 2.49. The van der Waals surface area contributed by atoms with Crippen molar-refractivity contribution in [2.45, 2.75) is 12.5 Å². The molecule has 1 aromatic carbocycles. The molecule has 0 unspecified atom stereocenters. The van der Waals surface area contributed by atoms with Crippen molar-refractivity contribution >= 4 is 22.9 Å². The van der Waals surface area contributed by atoms with Crippen LogP contribution in [0.15, 0.2) is 18.2 Å². The maximum atomic E-state index is 13.1. The van der Waals surface area contributed by atoms with Gasteiger partial charge in [-0.1, -0.05) is 0 Å². The Balaban J connectivity index is 1.45. The largest absolute Gasteiger partial charge is 0.378 e. The second kappa shape index (κ2) is 6.25. The molecule has 7 nitrogen and oxygen atoms in total. The second-order valence-corrected chi connectivity index (χ2v) is 7.55. The Morgan fingerprint density at radius 3 is 2.92 bits per heavy atom. The van der Waals surface area contributed by atoms with E-state index in [-0.39, 0.29) is 5.91 Å². The Morgan fingerprint density at radius 2 is 2.08 bits per heavy atom. The van der Waals surface area contributed by atoms with E-state index >= 15 is 0 Å². The first kappa shape index (κ1) is 16.1. The molecule has 1 aromatic heterocycles. The first-order valence-electron chi connectivity index (χ1n) is 9.53. The van der Waals surface area contributed by atoms with E-state index in [4.69, 9.17) is 9.72 Å². The number of aromatic nitrogens is 2. The number of hydrogen-bond acceptors (Lipinski definition) is 5. The number of morpholine rings is 1. The average molecular weight is 355 g/mol. The molecule has 7 heteroatoms. The fraction of sp³-hybridized carbons (Fsp3) is 0.579. The van der Waals surface area contributed by atoms with Crippen LogP contribution in [-0.2, 0) is 11.8 Å². The number of benzene rings is 1. The highest BCUT2D eigenvalue weighted by Gasteiger charge is 2.40. The van der Waals surface area contributed by atoms with Gasteiger partial charge in [-0.3, -0.25) is 4.79 Å². The van der Waals surface area contributed by atoms with Crippen molar-refractivity contribution < 1.29 is 9.53 Å². The standard InChI is InChI=1S/C19H25N5O2/c1-22-16-3-2-13(18(25)24-5-4-14-11-20-12-17(14)24)10-15(16)21-19(22)23-6-8-26-9-7-23/h2-3,10,14,17,20H,4-9,11-12H2,1H3/t14-,17+/m0/s1. The third-order valence-corrected chi connectivity index (χ3v) is 6.10. The Bertz CT molecular complexity index is 842. The number of imidazole rings is 1. The van der Waals surface area contributed by atoms with E-state index in [9.17, 15) is 4.79 Å². The van der Waals surface area contributed by atoms with E-state index in [0.29, 0.717) is 12.0 Å². The number of hydrogen-bond donors (Lipinski definition) is 1. The SMILES string of the molecule is Cn1c(N2CCOCC2)nc2cc(C(=O)N3CC[C@H]4CNC[C@H]43)ccc21. The third-order valence-electron chi connectivity index (χ3n) is 6.10. The lowest BCUT2D eigenvalue weighted by molar-refractivity contribution is 0.0737. The average Bonchev–Trinajstić information content (AvgIpc) is 3.36. The molecule has 0 aliphatic carbocycles. The molecule has 2 atom stereocenters. The summed E-state index contributed by atoms with van der Waals surface area (Å²) in [6.45, 7) is 6.01. The summed E-state index contributed by atoms with van der Waals surface area (Å²) in [7, 11) is 2.04. The molecule has 0 saturated carbocycles. The number of fused-ring (bicyclic) bond motifs is 2. The molecule has 2 aromatic rings. The fourth-order valence-electron chi connectivity index (χ4n) is 4.63. The van der Waals surface area contributed by atoms with Crippen LogP contribution in [0.1, 0.15) is 16.8 Å². The molecule has 3 fully saturated rings. The molecular weight excluding hydrogens is 330 g/mol. The van der Waals surface area contributed by atoms with Gasteiger partial charge in [-0.2, -0.15) is 0 Å². The number of carbonyl (C=O) groups is 1. The molecular formula is C19H25N5O2. The van der Waals surface area contributed by atoms with Gasteiger partial charge in [0.15, 0.2) is 0 Å². The van der Waals surface area contributed by atoms with Crippen LogP contribution in [0.4, 0.5) is 5.95 Å². The molecule has 3 aliphatic rings. The number of nitrogens with one attached hydrogen (secondary N) is 1. The van der Waals surface area contributed by atoms with Gasteiger partial charge >= 0.3 is 0 Å². The van der Waals surface area contributed by atoms with E-state index in [0.717, 1.165) is 74.9 Å². The van der Waals surface area contributed by atoms with E-state index in [1.165, 1.54) is 0 Å². The molecule has 1 N–H and O–H groups in total. The Kier molecular flexibility index (Phi) is 3.86. The lowest BCUT2D eigenvalue weighted by Crippen LogP contribution is -2.39. The maximum Gasteiger partial charge on any atom is 0.254 e. The number of nitrogens with zero attached hydrogens (tertiary/aromatic N) is 4. The zero-order valence-electron chi connectivity index (χ0n) is 15.1. The Hall–Kier alpha value is -2.12. The number of amides is 1. The van der Waals surface area contributed by atoms with Gasteiger partial charge in [0.2, 0.25) is 5.95 Å². The molecule has 0 radical (unpaired) electrons. The molecule has 0 spiro atoms. The molecule has 5 rings (SSSR count). The van der Waals surface area contributed by atoms with Crippen LogP contribution in [-0.4, -0.2) is 72.3 Å². The first-order chi connectivity index (χ1) is 12.7. The summed E-state index contributed by atoms with van der Waals surface area (Å²) in [5.41, 5.74) is 2.70. The summed E-state index contributed by atoms with van der Waals surface area (Å²) in [4.78, 5) is 22.2. The monoisotopic (exact) mass is 355 g/mol. The van der Waals surface area contributed by atoms with Crippen LogP contribution in [0.3, 0.4) is 0 Å². The van der Waals surface area contributed by atoms with Crippen molar-refractivity contribution in [1.82, 2.24) is 19.8 Å². The van der Waals surface area contributed by atoms with Gasteiger partial charge in [0.1, 0.15) is 0 Å². The predicted octanol–water partition coefficient (Wildman–Crippen LogP) is 0.844.